The van der Waals surface area contributed by atoms with Gasteiger partial charge in [0.05, 0.1) is 33.5 Å². The molecule has 0 radical (unpaired) electrons. The molecule has 0 aliphatic rings. The molecule has 0 saturated heterocycles. The summed E-state index contributed by atoms with van der Waals surface area (Å²) in [5.41, 5.74) is 2.55. The quantitative estimate of drug-likeness (QED) is 0.276. The zero-order chi connectivity index (χ0) is 28.8. The van der Waals surface area contributed by atoms with Crippen LogP contribution >= 0.6 is 0 Å². The molecule has 0 fully saturated rings. The minimum absolute atomic E-state index is 0.0524. The maximum Gasteiger partial charge on any atom is 0.328 e. The van der Waals surface area contributed by atoms with Gasteiger partial charge in [-0.3, -0.25) is 4.79 Å². The standard InChI is InChI=1S/C29H29F2N3O6/c1-5-40-16-17-13-23(37-2)25(24(14-17)38-3)19-10-9-18(34-12-11-32-27(19)34)15-22(29(36)39-4)33-28(35)26-20(30)7-6-8-21(26)31/h6-14,22H,5,15-16H2,1-4H3,(H,33,35)/t22-/m0/s1. The number of aromatic nitrogens is 2. The van der Waals surface area contributed by atoms with Crippen LogP contribution in [0.3, 0.4) is 0 Å². The number of hydrogen-bond acceptors (Lipinski definition) is 7. The summed E-state index contributed by atoms with van der Waals surface area (Å²) in [4.78, 5) is 29.8. The van der Waals surface area contributed by atoms with Gasteiger partial charge in [-0.25, -0.2) is 18.6 Å². The molecule has 2 aromatic heterocycles. The molecule has 1 atom stereocenters. The van der Waals surface area contributed by atoms with E-state index in [-0.39, 0.29) is 6.42 Å². The summed E-state index contributed by atoms with van der Waals surface area (Å²) in [5, 5.41) is 2.40. The summed E-state index contributed by atoms with van der Waals surface area (Å²) in [6.45, 7) is 2.86. The van der Waals surface area contributed by atoms with Crippen LogP contribution in [0.4, 0.5) is 8.78 Å². The number of amides is 1. The lowest BCUT2D eigenvalue weighted by Crippen LogP contribution is -2.44. The predicted octanol–water partition coefficient (Wildman–Crippen LogP) is 4.35. The highest BCUT2D eigenvalue weighted by Crippen LogP contribution is 2.41. The van der Waals surface area contributed by atoms with Crippen molar-refractivity contribution < 1.29 is 37.3 Å². The minimum atomic E-state index is -1.24. The first-order valence-electron chi connectivity index (χ1n) is 12.4. The normalized spacial score (nSPS) is 11.8. The monoisotopic (exact) mass is 553 g/mol. The Labute approximate surface area is 229 Å². The average Bonchev–Trinajstić information content (AvgIpc) is 3.45. The fraction of sp³-hybridized carbons (Fsp3) is 0.276. The van der Waals surface area contributed by atoms with E-state index in [9.17, 15) is 18.4 Å². The van der Waals surface area contributed by atoms with Crippen LogP contribution in [-0.2, 0) is 27.3 Å². The van der Waals surface area contributed by atoms with E-state index in [4.69, 9.17) is 18.9 Å². The smallest absolute Gasteiger partial charge is 0.328 e. The van der Waals surface area contributed by atoms with Gasteiger partial charge in [-0.05, 0) is 48.9 Å². The number of fused-ring (bicyclic) bond motifs is 1. The first-order chi connectivity index (χ1) is 19.3. The van der Waals surface area contributed by atoms with Crippen LogP contribution in [0.1, 0.15) is 28.5 Å². The van der Waals surface area contributed by atoms with Gasteiger partial charge in [-0.1, -0.05) is 6.07 Å². The van der Waals surface area contributed by atoms with Gasteiger partial charge in [0.1, 0.15) is 40.4 Å². The third kappa shape index (κ3) is 5.74. The summed E-state index contributed by atoms with van der Waals surface area (Å²) >= 11 is 0. The van der Waals surface area contributed by atoms with Gasteiger partial charge in [-0.2, -0.15) is 0 Å². The molecule has 0 spiro atoms. The first kappa shape index (κ1) is 28.5. The molecular formula is C29H29F2N3O6. The molecule has 0 unspecified atom stereocenters. The van der Waals surface area contributed by atoms with Crippen molar-refractivity contribution in [3.63, 3.8) is 0 Å². The third-order valence-electron chi connectivity index (χ3n) is 6.34. The van der Waals surface area contributed by atoms with Crippen molar-refractivity contribution >= 4 is 17.5 Å². The number of esters is 1. The Kier molecular flexibility index (Phi) is 8.95. The molecule has 11 heteroatoms. The number of carbonyl (C=O) groups is 2. The molecule has 40 heavy (non-hydrogen) atoms. The number of hydrogen-bond donors (Lipinski definition) is 1. The molecule has 0 aliphatic carbocycles. The Hall–Kier alpha value is -4.51. The van der Waals surface area contributed by atoms with Gasteiger partial charge < -0.3 is 28.7 Å². The van der Waals surface area contributed by atoms with Gasteiger partial charge in [0, 0.05) is 36.7 Å². The lowest BCUT2D eigenvalue weighted by molar-refractivity contribution is -0.142. The topological polar surface area (TPSA) is 100 Å². The number of halogens is 2. The average molecular weight is 554 g/mol. The first-order valence-corrected chi connectivity index (χ1v) is 12.4. The third-order valence-corrected chi connectivity index (χ3v) is 6.34. The van der Waals surface area contributed by atoms with Gasteiger partial charge in [-0.15, -0.1) is 0 Å². The molecule has 2 heterocycles. The highest BCUT2D eigenvalue weighted by atomic mass is 19.1. The van der Waals surface area contributed by atoms with Crippen LogP contribution in [0.2, 0.25) is 0 Å². The SMILES string of the molecule is CCOCc1cc(OC)c(-c2ccc(C[C@H](NC(=O)c3c(F)cccc3F)C(=O)OC)n3ccnc23)c(OC)c1. The molecule has 210 valence electrons. The van der Waals surface area contributed by atoms with Crippen molar-refractivity contribution in [3.05, 3.63) is 83.3 Å². The van der Waals surface area contributed by atoms with Crippen LogP contribution in [0, 0.1) is 11.6 Å². The molecule has 4 rings (SSSR count). The maximum atomic E-state index is 14.2. The molecule has 0 aliphatic heterocycles. The van der Waals surface area contributed by atoms with E-state index in [0.717, 1.165) is 30.9 Å². The lowest BCUT2D eigenvalue weighted by Gasteiger charge is -2.20. The molecule has 0 saturated carbocycles. The van der Waals surface area contributed by atoms with Crippen molar-refractivity contribution in [2.24, 2.45) is 0 Å². The Balaban J connectivity index is 1.72. The van der Waals surface area contributed by atoms with Crippen LogP contribution in [0.15, 0.2) is 54.9 Å². The fourth-order valence-corrected chi connectivity index (χ4v) is 4.46. The second kappa shape index (κ2) is 12.6. The molecule has 0 bridgehead atoms. The predicted molar refractivity (Wildman–Crippen MR) is 142 cm³/mol. The Morgan fingerprint density at radius 2 is 1.70 bits per heavy atom. The maximum absolute atomic E-state index is 14.2. The number of imidazole rings is 1. The second-order valence-corrected chi connectivity index (χ2v) is 8.72. The van der Waals surface area contributed by atoms with Crippen LogP contribution in [0.5, 0.6) is 11.5 Å². The second-order valence-electron chi connectivity index (χ2n) is 8.72. The largest absolute Gasteiger partial charge is 0.496 e. The summed E-state index contributed by atoms with van der Waals surface area (Å²) in [6, 6.07) is 9.12. The molecular weight excluding hydrogens is 524 g/mol. The van der Waals surface area contributed by atoms with E-state index in [0.29, 0.717) is 47.2 Å². The minimum Gasteiger partial charge on any atom is -0.496 e. The molecule has 1 amide bonds. The van der Waals surface area contributed by atoms with E-state index < -0.39 is 35.1 Å². The number of rotatable bonds is 11. The number of nitrogens with zero attached hydrogens (tertiary/aromatic N) is 2. The highest BCUT2D eigenvalue weighted by Gasteiger charge is 2.27. The zero-order valence-corrected chi connectivity index (χ0v) is 22.5. The Bertz CT molecular complexity index is 1490. The number of methoxy groups -OCH3 is 3. The number of nitrogens with one attached hydrogen (secondary N) is 1. The van der Waals surface area contributed by atoms with Crippen molar-refractivity contribution in [1.29, 1.82) is 0 Å². The number of ether oxygens (including phenoxy) is 4. The molecule has 9 nitrogen and oxygen atoms in total. The van der Waals surface area contributed by atoms with Crippen molar-refractivity contribution in [3.8, 4) is 22.6 Å². The summed E-state index contributed by atoms with van der Waals surface area (Å²) in [6.07, 6.45) is 3.23. The van der Waals surface area contributed by atoms with E-state index in [1.54, 1.807) is 43.1 Å². The number of benzene rings is 2. The van der Waals surface area contributed by atoms with E-state index >= 15 is 0 Å². The van der Waals surface area contributed by atoms with Crippen molar-refractivity contribution in [2.75, 3.05) is 27.9 Å². The molecule has 2 aromatic carbocycles. The van der Waals surface area contributed by atoms with Crippen LogP contribution in [0.25, 0.3) is 16.8 Å². The zero-order valence-electron chi connectivity index (χ0n) is 22.5. The van der Waals surface area contributed by atoms with E-state index in [1.165, 1.54) is 0 Å². The highest BCUT2D eigenvalue weighted by molar-refractivity contribution is 5.97. The van der Waals surface area contributed by atoms with Crippen LogP contribution < -0.4 is 14.8 Å². The van der Waals surface area contributed by atoms with E-state index in [2.05, 4.69) is 10.3 Å². The summed E-state index contributed by atoms with van der Waals surface area (Å²) in [7, 11) is 4.28. The van der Waals surface area contributed by atoms with Gasteiger partial charge >= 0.3 is 5.97 Å². The molecule has 1 N–H and O–H groups in total. The van der Waals surface area contributed by atoms with E-state index in [1.807, 2.05) is 19.1 Å². The van der Waals surface area contributed by atoms with Gasteiger partial charge in [0.25, 0.3) is 5.91 Å². The molecule has 4 aromatic rings. The number of pyridine rings is 1. The fourth-order valence-electron chi connectivity index (χ4n) is 4.46. The lowest BCUT2D eigenvalue weighted by atomic mass is 10.0. The summed E-state index contributed by atoms with van der Waals surface area (Å²) in [5.74, 6) is -2.84. The Morgan fingerprint density at radius 1 is 1.02 bits per heavy atom. The Morgan fingerprint density at radius 3 is 2.30 bits per heavy atom. The van der Waals surface area contributed by atoms with Crippen molar-refractivity contribution in [2.45, 2.75) is 26.0 Å². The van der Waals surface area contributed by atoms with Gasteiger partial charge in [0.15, 0.2) is 0 Å². The summed E-state index contributed by atoms with van der Waals surface area (Å²) < 4.78 is 51.9. The van der Waals surface area contributed by atoms with Crippen LogP contribution in [-0.4, -0.2) is 55.2 Å². The van der Waals surface area contributed by atoms with Crippen molar-refractivity contribution in [1.82, 2.24) is 14.7 Å². The number of carbonyl (C=O) groups excluding carboxylic acids is 2. The van der Waals surface area contributed by atoms with Gasteiger partial charge in [0.2, 0.25) is 0 Å².